The lowest BCUT2D eigenvalue weighted by Gasteiger charge is -2.11. The summed E-state index contributed by atoms with van der Waals surface area (Å²) in [5.74, 6) is -0.269. The Morgan fingerprint density at radius 2 is 2.40 bits per heavy atom. The van der Waals surface area contributed by atoms with Gasteiger partial charge in [-0.15, -0.1) is 0 Å². The number of rotatable bonds is 4. The minimum absolute atomic E-state index is 0.115. The monoisotopic (exact) mass is 207 g/mol. The number of hydrogen-bond acceptors (Lipinski definition) is 3. The van der Waals surface area contributed by atoms with Crippen molar-refractivity contribution in [1.82, 2.24) is 0 Å². The number of carbonyl (C=O) groups excluding carboxylic acids is 1. The van der Waals surface area contributed by atoms with Gasteiger partial charge in [0, 0.05) is 0 Å². The Labute approximate surface area is 87.1 Å². The summed E-state index contributed by atoms with van der Waals surface area (Å²) in [6.07, 6.45) is 0.392. The maximum atomic E-state index is 12.8. The van der Waals surface area contributed by atoms with Gasteiger partial charge in [-0.2, -0.15) is 5.26 Å². The molecule has 15 heavy (non-hydrogen) atoms. The SMILES string of the molecule is CCC(C#N)Oc1ccc(F)cc1C=O. The van der Waals surface area contributed by atoms with E-state index in [1.807, 2.05) is 6.07 Å². The topological polar surface area (TPSA) is 50.1 Å². The summed E-state index contributed by atoms with van der Waals surface area (Å²) in [5, 5.41) is 8.67. The van der Waals surface area contributed by atoms with E-state index in [4.69, 9.17) is 10.00 Å². The first-order chi connectivity index (χ1) is 7.21. The predicted molar refractivity (Wildman–Crippen MR) is 52.1 cm³/mol. The van der Waals surface area contributed by atoms with Gasteiger partial charge in [-0.25, -0.2) is 4.39 Å². The minimum Gasteiger partial charge on any atom is -0.475 e. The summed E-state index contributed by atoms with van der Waals surface area (Å²) in [7, 11) is 0. The number of carbonyl (C=O) groups is 1. The molecule has 0 saturated heterocycles. The van der Waals surface area contributed by atoms with Gasteiger partial charge in [-0.05, 0) is 24.6 Å². The first kappa shape index (κ1) is 11.2. The molecule has 0 heterocycles. The molecule has 3 nitrogen and oxygen atoms in total. The normalized spacial score (nSPS) is 11.5. The Morgan fingerprint density at radius 1 is 1.67 bits per heavy atom. The van der Waals surface area contributed by atoms with E-state index < -0.39 is 11.9 Å². The molecular weight excluding hydrogens is 197 g/mol. The van der Waals surface area contributed by atoms with E-state index in [1.54, 1.807) is 6.92 Å². The van der Waals surface area contributed by atoms with Gasteiger partial charge in [0.15, 0.2) is 12.4 Å². The lowest BCUT2D eigenvalue weighted by molar-refractivity contribution is 0.111. The molecule has 1 aromatic rings. The number of nitriles is 1. The second kappa shape index (κ2) is 5.11. The Hall–Kier alpha value is -1.89. The van der Waals surface area contributed by atoms with Gasteiger partial charge in [0.25, 0.3) is 0 Å². The van der Waals surface area contributed by atoms with Crippen molar-refractivity contribution in [3.05, 3.63) is 29.6 Å². The summed E-state index contributed by atoms with van der Waals surface area (Å²) in [6, 6.07) is 5.54. The quantitative estimate of drug-likeness (QED) is 0.712. The molecule has 78 valence electrons. The molecule has 0 aliphatic carbocycles. The molecule has 0 spiro atoms. The molecule has 0 amide bonds. The third kappa shape index (κ3) is 2.78. The van der Waals surface area contributed by atoms with Gasteiger partial charge in [-0.1, -0.05) is 6.92 Å². The lowest BCUT2D eigenvalue weighted by Crippen LogP contribution is -2.13. The third-order valence-corrected chi connectivity index (χ3v) is 1.88. The molecule has 1 aromatic carbocycles. The van der Waals surface area contributed by atoms with Crippen LogP contribution in [0.25, 0.3) is 0 Å². The van der Waals surface area contributed by atoms with E-state index >= 15 is 0 Å². The summed E-state index contributed by atoms with van der Waals surface area (Å²) >= 11 is 0. The van der Waals surface area contributed by atoms with Crippen molar-refractivity contribution in [2.75, 3.05) is 0 Å². The van der Waals surface area contributed by atoms with E-state index in [2.05, 4.69) is 0 Å². The highest BCUT2D eigenvalue weighted by molar-refractivity contribution is 5.79. The lowest BCUT2D eigenvalue weighted by atomic mass is 10.2. The number of hydrogen-bond donors (Lipinski definition) is 0. The maximum absolute atomic E-state index is 12.8. The van der Waals surface area contributed by atoms with Crippen molar-refractivity contribution >= 4 is 6.29 Å². The van der Waals surface area contributed by atoms with Crippen molar-refractivity contribution in [3.63, 3.8) is 0 Å². The standard InChI is InChI=1S/C11H10FNO2/c1-2-10(6-13)15-11-4-3-9(12)5-8(11)7-14/h3-5,7,10H,2H2,1H3. The molecule has 0 aliphatic heterocycles. The molecule has 0 saturated carbocycles. The van der Waals surface area contributed by atoms with Gasteiger partial charge in [0.2, 0.25) is 0 Å². The largest absolute Gasteiger partial charge is 0.475 e. The van der Waals surface area contributed by atoms with Crippen LogP contribution >= 0.6 is 0 Å². The second-order valence-electron chi connectivity index (χ2n) is 2.94. The second-order valence-corrected chi connectivity index (χ2v) is 2.94. The molecule has 0 aromatic heterocycles. The molecule has 0 aliphatic rings. The van der Waals surface area contributed by atoms with E-state index in [1.165, 1.54) is 12.1 Å². The Kier molecular flexibility index (Phi) is 3.81. The van der Waals surface area contributed by atoms with Gasteiger partial charge >= 0.3 is 0 Å². The zero-order chi connectivity index (χ0) is 11.3. The van der Waals surface area contributed by atoms with E-state index in [-0.39, 0.29) is 11.3 Å². The van der Waals surface area contributed by atoms with Gasteiger partial charge in [0.1, 0.15) is 17.6 Å². The first-order valence-electron chi connectivity index (χ1n) is 4.52. The number of aldehydes is 1. The van der Waals surface area contributed by atoms with Crippen LogP contribution in [-0.4, -0.2) is 12.4 Å². The predicted octanol–water partition coefficient (Wildman–Crippen LogP) is 2.32. The van der Waals surface area contributed by atoms with Crippen LogP contribution in [0.3, 0.4) is 0 Å². The minimum atomic E-state index is -0.617. The zero-order valence-electron chi connectivity index (χ0n) is 8.24. The molecule has 0 bridgehead atoms. The Bertz CT molecular complexity index is 398. The highest BCUT2D eigenvalue weighted by Gasteiger charge is 2.10. The molecule has 4 heteroatoms. The molecule has 0 fully saturated rings. The van der Waals surface area contributed by atoms with Gasteiger partial charge in [-0.3, -0.25) is 4.79 Å². The van der Waals surface area contributed by atoms with Crippen molar-refractivity contribution in [3.8, 4) is 11.8 Å². The smallest absolute Gasteiger partial charge is 0.184 e. The van der Waals surface area contributed by atoms with Crippen LogP contribution in [0.15, 0.2) is 18.2 Å². The van der Waals surface area contributed by atoms with E-state index in [0.717, 1.165) is 6.07 Å². The summed E-state index contributed by atoms with van der Waals surface area (Å²) in [6.45, 7) is 1.79. The van der Waals surface area contributed by atoms with Crippen LogP contribution < -0.4 is 4.74 Å². The average Bonchev–Trinajstić information content (AvgIpc) is 2.27. The molecule has 1 rings (SSSR count). The van der Waals surface area contributed by atoms with Gasteiger partial charge < -0.3 is 4.74 Å². The zero-order valence-corrected chi connectivity index (χ0v) is 8.24. The maximum Gasteiger partial charge on any atom is 0.184 e. The van der Waals surface area contributed by atoms with Crippen molar-refractivity contribution in [1.29, 1.82) is 5.26 Å². The van der Waals surface area contributed by atoms with Crippen LogP contribution in [0.5, 0.6) is 5.75 Å². The molecular formula is C11H10FNO2. The van der Waals surface area contributed by atoms with Crippen LogP contribution in [0, 0.1) is 17.1 Å². The van der Waals surface area contributed by atoms with Crippen LogP contribution in [-0.2, 0) is 0 Å². The van der Waals surface area contributed by atoms with Crippen LogP contribution in [0.4, 0.5) is 4.39 Å². The highest BCUT2D eigenvalue weighted by Crippen LogP contribution is 2.19. The van der Waals surface area contributed by atoms with E-state index in [0.29, 0.717) is 12.7 Å². The van der Waals surface area contributed by atoms with Crippen LogP contribution in [0.1, 0.15) is 23.7 Å². The van der Waals surface area contributed by atoms with Gasteiger partial charge in [0.05, 0.1) is 5.56 Å². The Morgan fingerprint density at radius 3 is 2.93 bits per heavy atom. The third-order valence-electron chi connectivity index (χ3n) is 1.88. The average molecular weight is 207 g/mol. The number of ether oxygens (including phenoxy) is 1. The Balaban J connectivity index is 2.94. The molecule has 0 radical (unpaired) electrons. The van der Waals surface area contributed by atoms with Crippen molar-refractivity contribution < 1.29 is 13.9 Å². The highest BCUT2D eigenvalue weighted by atomic mass is 19.1. The van der Waals surface area contributed by atoms with Crippen LogP contribution in [0.2, 0.25) is 0 Å². The summed E-state index contributed by atoms with van der Waals surface area (Å²) in [4.78, 5) is 10.6. The summed E-state index contributed by atoms with van der Waals surface area (Å²) in [5.41, 5.74) is 0.115. The first-order valence-corrected chi connectivity index (χ1v) is 4.52. The fourth-order valence-electron chi connectivity index (χ4n) is 1.07. The summed E-state index contributed by atoms with van der Waals surface area (Å²) < 4.78 is 18.0. The number of halogens is 1. The van der Waals surface area contributed by atoms with Crippen molar-refractivity contribution in [2.24, 2.45) is 0 Å². The molecule has 1 atom stereocenters. The van der Waals surface area contributed by atoms with E-state index in [9.17, 15) is 9.18 Å². The van der Waals surface area contributed by atoms with Crippen molar-refractivity contribution in [2.45, 2.75) is 19.4 Å². The fourth-order valence-corrected chi connectivity index (χ4v) is 1.07. The molecule has 1 unspecified atom stereocenters. The number of nitrogens with zero attached hydrogens (tertiary/aromatic N) is 1. The number of benzene rings is 1. The fraction of sp³-hybridized carbons (Fsp3) is 0.273. The molecule has 0 N–H and O–H groups in total.